The van der Waals surface area contributed by atoms with Gasteiger partial charge < -0.3 is 14.5 Å². The number of benzene rings is 1. The Balaban J connectivity index is 2.04. The third-order valence-corrected chi connectivity index (χ3v) is 3.10. The maximum atomic E-state index is 12.7. The number of hydrogen-bond acceptors (Lipinski definition) is 5. The van der Waals surface area contributed by atoms with E-state index in [1.165, 1.54) is 31.3 Å². The maximum Gasteiger partial charge on any atom is 0.416 e. The van der Waals surface area contributed by atoms with Crippen LogP contribution in [0.2, 0.25) is 0 Å². The molecule has 0 fully saturated rings. The van der Waals surface area contributed by atoms with Gasteiger partial charge in [0.15, 0.2) is 6.61 Å². The van der Waals surface area contributed by atoms with Crippen molar-refractivity contribution in [1.82, 2.24) is 10.6 Å². The summed E-state index contributed by atoms with van der Waals surface area (Å²) < 4.78 is 48.1. The van der Waals surface area contributed by atoms with Crippen molar-refractivity contribution < 1.29 is 36.7 Å². The Morgan fingerprint density at radius 1 is 1.15 bits per heavy atom. The Morgan fingerprint density at radius 2 is 1.88 bits per heavy atom. The molecule has 26 heavy (non-hydrogen) atoms. The number of ether oxygens (including phenoxy) is 1. The zero-order valence-corrected chi connectivity index (χ0v) is 13.3. The number of hydrogen-bond donors (Lipinski definition) is 2. The summed E-state index contributed by atoms with van der Waals surface area (Å²) in [5, 5.41) is 4.03. The minimum Gasteiger partial charge on any atom is -0.450 e. The van der Waals surface area contributed by atoms with Gasteiger partial charge >= 0.3 is 18.2 Å². The molecular weight excluding hydrogens is 357 g/mol. The van der Waals surface area contributed by atoms with Crippen molar-refractivity contribution in [3.63, 3.8) is 0 Å². The highest BCUT2D eigenvalue weighted by Gasteiger charge is 2.30. The molecule has 0 aliphatic heterocycles. The molecule has 1 aromatic heterocycles. The number of halogens is 3. The maximum absolute atomic E-state index is 12.7. The molecule has 1 aromatic carbocycles. The number of rotatable bonds is 4. The van der Waals surface area contributed by atoms with Crippen LogP contribution in [-0.2, 0) is 15.7 Å². The van der Waals surface area contributed by atoms with Gasteiger partial charge in [-0.3, -0.25) is 10.1 Å². The number of furan rings is 1. The molecule has 7 nitrogen and oxygen atoms in total. The van der Waals surface area contributed by atoms with Gasteiger partial charge in [-0.2, -0.15) is 13.2 Å². The largest absolute Gasteiger partial charge is 0.450 e. The van der Waals surface area contributed by atoms with Gasteiger partial charge in [0.05, 0.1) is 5.56 Å². The number of carbonyl (C=O) groups is 3. The van der Waals surface area contributed by atoms with Crippen molar-refractivity contribution in [2.24, 2.45) is 0 Å². The molecule has 0 unspecified atom stereocenters. The fraction of sp³-hybridized carbons (Fsp3) is 0.188. The van der Waals surface area contributed by atoms with Crippen LogP contribution < -0.4 is 10.6 Å². The number of amides is 3. The molecule has 0 atom stereocenters. The number of esters is 1. The second-order valence-corrected chi connectivity index (χ2v) is 4.95. The molecule has 0 saturated heterocycles. The Morgan fingerprint density at radius 3 is 2.54 bits per heavy atom. The highest BCUT2D eigenvalue weighted by atomic mass is 19.4. The molecular formula is C16H13F3N2O5. The molecule has 1 heterocycles. The van der Waals surface area contributed by atoms with E-state index in [0.717, 1.165) is 12.1 Å². The Kier molecular flexibility index (Phi) is 5.65. The van der Waals surface area contributed by atoms with E-state index in [2.05, 4.69) is 10.1 Å². The van der Waals surface area contributed by atoms with E-state index in [1.54, 1.807) is 0 Å². The van der Waals surface area contributed by atoms with E-state index in [1.807, 2.05) is 5.32 Å². The zero-order valence-electron chi connectivity index (χ0n) is 13.3. The summed E-state index contributed by atoms with van der Waals surface area (Å²) in [5.41, 5.74) is -0.738. The van der Waals surface area contributed by atoms with Gasteiger partial charge in [-0.1, -0.05) is 12.1 Å². The SMILES string of the molecule is CNC(=O)NC(=O)COC(=O)c1ccc(-c2cccc(C(F)(F)F)c2)o1. The fourth-order valence-electron chi connectivity index (χ4n) is 1.88. The van der Waals surface area contributed by atoms with Crippen LogP contribution >= 0.6 is 0 Å². The molecule has 2 N–H and O–H groups in total. The third kappa shape index (κ3) is 4.85. The van der Waals surface area contributed by atoms with E-state index < -0.39 is 36.3 Å². The van der Waals surface area contributed by atoms with Crippen molar-refractivity contribution in [2.45, 2.75) is 6.18 Å². The van der Waals surface area contributed by atoms with Gasteiger partial charge in [-0.15, -0.1) is 0 Å². The lowest BCUT2D eigenvalue weighted by molar-refractivity contribution is -0.137. The van der Waals surface area contributed by atoms with Crippen LogP contribution in [0.15, 0.2) is 40.8 Å². The summed E-state index contributed by atoms with van der Waals surface area (Å²) in [4.78, 5) is 34.0. The van der Waals surface area contributed by atoms with Gasteiger partial charge in [-0.05, 0) is 24.3 Å². The molecule has 0 bridgehead atoms. The average Bonchev–Trinajstić information content (AvgIpc) is 3.09. The summed E-state index contributed by atoms with van der Waals surface area (Å²) in [6, 6.07) is 6.13. The second-order valence-electron chi connectivity index (χ2n) is 4.95. The minimum atomic E-state index is -4.51. The molecule has 2 rings (SSSR count). The summed E-state index contributed by atoms with van der Waals surface area (Å²) in [6.45, 7) is -0.730. The lowest BCUT2D eigenvalue weighted by Crippen LogP contribution is -2.39. The standard InChI is InChI=1S/C16H13F3N2O5/c1-20-15(24)21-13(22)8-25-14(23)12-6-5-11(26-12)9-3-2-4-10(7-9)16(17,18)19/h2-7H,8H2,1H3,(H2,20,21,22,24). The first kappa shape index (κ1) is 19.0. The first-order valence-corrected chi connectivity index (χ1v) is 7.17. The Bertz CT molecular complexity index is 829. The highest BCUT2D eigenvalue weighted by Crippen LogP contribution is 2.32. The van der Waals surface area contributed by atoms with Crippen molar-refractivity contribution in [1.29, 1.82) is 0 Å². The smallest absolute Gasteiger partial charge is 0.416 e. The predicted molar refractivity (Wildman–Crippen MR) is 82.0 cm³/mol. The Hall–Kier alpha value is -3.30. The highest BCUT2D eigenvalue weighted by molar-refractivity contribution is 5.96. The van der Waals surface area contributed by atoms with Crippen LogP contribution in [0.4, 0.5) is 18.0 Å². The average molecular weight is 370 g/mol. The normalized spacial score (nSPS) is 10.9. The van der Waals surface area contributed by atoms with Crippen molar-refractivity contribution in [3.05, 3.63) is 47.7 Å². The van der Waals surface area contributed by atoms with Crippen LogP contribution in [0, 0.1) is 0 Å². The lowest BCUT2D eigenvalue weighted by Gasteiger charge is -2.07. The monoisotopic (exact) mass is 370 g/mol. The van der Waals surface area contributed by atoms with Gasteiger partial charge in [0.1, 0.15) is 5.76 Å². The summed E-state index contributed by atoms with van der Waals surface area (Å²) >= 11 is 0. The van der Waals surface area contributed by atoms with Crippen molar-refractivity contribution >= 4 is 17.9 Å². The molecule has 0 radical (unpaired) electrons. The molecule has 0 spiro atoms. The number of urea groups is 1. The quantitative estimate of drug-likeness (QED) is 0.807. The molecule has 2 aromatic rings. The number of alkyl halides is 3. The number of carbonyl (C=O) groups excluding carboxylic acids is 3. The predicted octanol–water partition coefficient (Wildman–Crippen LogP) is 2.58. The van der Waals surface area contributed by atoms with Crippen LogP contribution in [0.3, 0.4) is 0 Å². The van der Waals surface area contributed by atoms with E-state index in [0.29, 0.717) is 0 Å². The number of imide groups is 1. The van der Waals surface area contributed by atoms with Gasteiger partial charge in [-0.25, -0.2) is 9.59 Å². The topological polar surface area (TPSA) is 97.6 Å². The molecule has 0 aliphatic rings. The van der Waals surface area contributed by atoms with E-state index in [4.69, 9.17) is 4.42 Å². The molecule has 10 heteroatoms. The molecule has 0 aliphatic carbocycles. The number of nitrogens with one attached hydrogen (secondary N) is 2. The van der Waals surface area contributed by atoms with Gasteiger partial charge in [0, 0.05) is 12.6 Å². The Labute approximate surface area is 145 Å². The van der Waals surface area contributed by atoms with Crippen LogP contribution in [0.25, 0.3) is 11.3 Å². The summed E-state index contributed by atoms with van der Waals surface area (Å²) in [6.07, 6.45) is -4.51. The van der Waals surface area contributed by atoms with E-state index >= 15 is 0 Å². The van der Waals surface area contributed by atoms with Crippen LogP contribution in [0.5, 0.6) is 0 Å². The van der Waals surface area contributed by atoms with Gasteiger partial charge in [0.25, 0.3) is 5.91 Å². The molecule has 3 amide bonds. The van der Waals surface area contributed by atoms with Crippen molar-refractivity contribution in [2.75, 3.05) is 13.7 Å². The zero-order chi connectivity index (χ0) is 19.3. The fourth-order valence-corrected chi connectivity index (χ4v) is 1.88. The minimum absolute atomic E-state index is 0.0258. The molecule has 0 saturated carbocycles. The summed E-state index contributed by atoms with van der Waals surface area (Å²) in [7, 11) is 1.30. The van der Waals surface area contributed by atoms with Crippen molar-refractivity contribution in [3.8, 4) is 11.3 Å². The van der Waals surface area contributed by atoms with E-state index in [-0.39, 0.29) is 17.1 Å². The van der Waals surface area contributed by atoms with Crippen LogP contribution in [-0.4, -0.2) is 31.6 Å². The summed E-state index contributed by atoms with van der Waals surface area (Å²) in [5.74, 6) is -2.14. The lowest BCUT2D eigenvalue weighted by atomic mass is 10.1. The first-order chi connectivity index (χ1) is 12.2. The third-order valence-electron chi connectivity index (χ3n) is 3.10. The molecule has 138 valence electrons. The van der Waals surface area contributed by atoms with Crippen LogP contribution in [0.1, 0.15) is 16.1 Å². The van der Waals surface area contributed by atoms with E-state index in [9.17, 15) is 27.6 Å². The second kappa shape index (κ2) is 7.72. The first-order valence-electron chi connectivity index (χ1n) is 7.17. The van der Waals surface area contributed by atoms with Gasteiger partial charge in [0.2, 0.25) is 5.76 Å².